The molecule has 0 aromatic carbocycles. The quantitative estimate of drug-likeness (QED) is 0.729. The first kappa shape index (κ1) is 13.6. The molecule has 6 heteroatoms. The molecule has 0 aromatic rings. The van der Waals surface area contributed by atoms with E-state index in [1.165, 1.54) is 4.90 Å². The van der Waals surface area contributed by atoms with Crippen LogP contribution in [0.2, 0.25) is 0 Å². The Morgan fingerprint density at radius 3 is 2.70 bits per heavy atom. The highest BCUT2D eigenvalue weighted by atomic mass is 16.5. The molecule has 0 bridgehead atoms. The number of aliphatic hydroxyl groups excluding tert-OH is 1. The van der Waals surface area contributed by atoms with Crippen molar-refractivity contribution in [2.75, 3.05) is 7.11 Å². The molecular formula is C14H19NO5. The van der Waals surface area contributed by atoms with Crippen molar-refractivity contribution >= 4 is 11.9 Å². The molecule has 2 N–H and O–H groups in total. The molecular weight excluding hydrogens is 262 g/mol. The molecule has 6 nitrogen and oxygen atoms in total. The fourth-order valence-electron chi connectivity index (χ4n) is 4.08. The second-order valence-corrected chi connectivity index (χ2v) is 5.84. The van der Waals surface area contributed by atoms with Crippen molar-refractivity contribution in [1.82, 2.24) is 4.90 Å². The van der Waals surface area contributed by atoms with Crippen LogP contribution in [0, 0.1) is 11.8 Å². The van der Waals surface area contributed by atoms with E-state index in [0.717, 1.165) is 24.8 Å². The van der Waals surface area contributed by atoms with E-state index in [9.17, 15) is 19.8 Å². The first-order chi connectivity index (χ1) is 9.49. The van der Waals surface area contributed by atoms with Crippen LogP contribution in [0.25, 0.3) is 0 Å². The number of nitrogens with zero attached hydrogens (tertiary/aromatic N) is 1. The van der Waals surface area contributed by atoms with Crippen LogP contribution in [0.15, 0.2) is 11.3 Å². The molecule has 2 fully saturated rings. The van der Waals surface area contributed by atoms with Crippen molar-refractivity contribution in [2.24, 2.45) is 11.8 Å². The summed E-state index contributed by atoms with van der Waals surface area (Å²) in [7, 11) is 1.57. The van der Waals surface area contributed by atoms with Gasteiger partial charge in [0.05, 0.1) is 24.2 Å². The molecule has 1 saturated heterocycles. The van der Waals surface area contributed by atoms with Crippen LogP contribution in [0.3, 0.4) is 0 Å². The van der Waals surface area contributed by atoms with E-state index in [1.807, 2.05) is 0 Å². The zero-order valence-electron chi connectivity index (χ0n) is 11.6. The molecule has 1 amide bonds. The smallest absolute Gasteiger partial charge is 0.352 e. The lowest BCUT2D eigenvalue weighted by Gasteiger charge is -2.47. The topological polar surface area (TPSA) is 87.1 Å². The molecule has 0 spiro atoms. The third-order valence-electron chi connectivity index (χ3n) is 4.85. The number of aliphatic hydroxyl groups is 1. The summed E-state index contributed by atoms with van der Waals surface area (Å²) in [5, 5.41) is 19.2. The van der Waals surface area contributed by atoms with Crippen LogP contribution in [-0.2, 0) is 14.3 Å². The summed E-state index contributed by atoms with van der Waals surface area (Å²) in [6, 6.07) is -0.207. The molecule has 20 heavy (non-hydrogen) atoms. The molecule has 3 unspecified atom stereocenters. The monoisotopic (exact) mass is 281 g/mol. The van der Waals surface area contributed by atoms with Gasteiger partial charge in [0.1, 0.15) is 5.70 Å². The molecule has 3 rings (SSSR count). The average molecular weight is 281 g/mol. The van der Waals surface area contributed by atoms with E-state index in [4.69, 9.17) is 4.74 Å². The highest BCUT2D eigenvalue weighted by Gasteiger charge is 2.62. The van der Waals surface area contributed by atoms with Gasteiger partial charge in [-0.25, -0.2) is 4.79 Å². The molecule has 3 aliphatic rings. The number of hydrogen-bond acceptors (Lipinski definition) is 4. The molecule has 0 aromatic heterocycles. The van der Waals surface area contributed by atoms with Gasteiger partial charge in [0.15, 0.2) is 0 Å². The van der Waals surface area contributed by atoms with Gasteiger partial charge in [0.25, 0.3) is 0 Å². The molecule has 2 aliphatic heterocycles. The Morgan fingerprint density at radius 2 is 2.15 bits per heavy atom. The Balaban J connectivity index is 2.04. The normalized spacial score (nSPS) is 37.4. The summed E-state index contributed by atoms with van der Waals surface area (Å²) in [4.78, 5) is 25.1. The summed E-state index contributed by atoms with van der Waals surface area (Å²) in [6.45, 7) is 1.59. The molecule has 5 atom stereocenters. The van der Waals surface area contributed by atoms with Crippen LogP contribution in [-0.4, -0.2) is 52.3 Å². The Bertz CT molecular complexity index is 498. The number of carboxylic acids is 1. The van der Waals surface area contributed by atoms with Gasteiger partial charge in [-0.3, -0.25) is 4.79 Å². The minimum absolute atomic E-state index is 0.0112. The van der Waals surface area contributed by atoms with Gasteiger partial charge in [0, 0.05) is 13.0 Å². The maximum atomic E-state index is 12.2. The largest absolute Gasteiger partial charge is 0.477 e. The fraction of sp³-hybridized carbons (Fsp3) is 0.714. The SMILES string of the molecule is COC1CCC[C@H]2C1=C(C(=O)O)N1C(=O)[C@@H](C(C)O)C21. The number of amides is 1. The number of carbonyl (C=O) groups excluding carboxylic acids is 1. The summed E-state index contributed by atoms with van der Waals surface area (Å²) >= 11 is 0. The van der Waals surface area contributed by atoms with Crippen LogP contribution < -0.4 is 0 Å². The number of aliphatic carboxylic acids is 1. The standard InChI is InChI=1S/C14H19NO5/c1-6(16)9-11-7-4-3-5-8(20-2)10(7)12(14(18)19)15(11)13(9)17/h6-9,11,16H,3-5H2,1-2H3,(H,18,19)/t6?,7-,8?,9-,11?/m0/s1. The zero-order chi connectivity index (χ0) is 14.6. The minimum atomic E-state index is -1.08. The lowest BCUT2D eigenvalue weighted by atomic mass is 9.72. The molecule has 1 saturated carbocycles. The van der Waals surface area contributed by atoms with Crippen molar-refractivity contribution < 1.29 is 24.5 Å². The lowest BCUT2D eigenvalue weighted by Crippen LogP contribution is -2.64. The van der Waals surface area contributed by atoms with E-state index in [-0.39, 0.29) is 29.7 Å². The van der Waals surface area contributed by atoms with E-state index >= 15 is 0 Å². The van der Waals surface area contributed by atoms with Gasteiger partial charge >= 0.3 is 5.97 Å². The van der Waals surface area contributed by atoms with Crippen LogP contribution in [0.5, 0.6) is 0 Å². The van der Waals surface area contributed by atoms with Gasteiger partial charge in [-0.2, -0.15) is 0 Å². The summed E-state index contributed by atoms with van der Waals surface area (Å²) in [5.74, 6) is -1.83. The summed E-state index contributed by atoms with van der Waals surface area (Å²) < 4.78 is 5.42. The lowest BCUT2D eigenvalue weighted by molar-refractivity contribution is -0.163. The Morgan fingerprint density at radius 1 is 1.45 bits per heavy atom. The van der Waals surface area contributed by atoms with Crippen molar-refractivity contribution in [1.29, 1.82) is 0 Å². The van der Waals surface area contributed by atoms with E-state index in [1.54, 1.807) is 14.0 Å². The third-order valence-corrected chi connectivity index (χ3v) is 4.85. The number of carboxylic acid groups (broad SMARTS) is 1. The fourth-order valence-corrected chi connectivity index (χ4v) is 4.08. The predicted molar refractivity (Wildman–Crippen MR) is 68.6 cm³/mol. The van der Waals surface area contributed by atoms with E-state index in [0.29, 0.717) is 0 Å². The van der Waals surface area contributed by atoms with Gasteiger partial charge < -0.3 is 19.8 Å². The number of rotatable bonds is 3. The molecule has 0 radical (unpaired) electrons. The van der Waals surface area contributed by atoms with Gasteiger partial charge in [-0.15, -0.1) is 0 Å². The van der Waals surface area contributed by atoms with Gasteiger partial charge in [-0.05, 0) is 31.8 Å². The third kappa shape index (κ3) is 1.58. The molecule has 1 aliphatic carbocycles. The Hall–Kier alpha value is -1.40. The summed E-state index contributed by atoms with van der Waals surface area (Å²) in [6.07, 6.45) is 1.61. The average Bonchev–Trinajstić information content (AvgIpc) is 2.69. The highest BCUT2D eigenvalue weighted by molar-refractivity contribution is 6.00. The van der Waals surface area contributed by atoms with Crippen molar-refractivity contribution in [3.63, 3.8) is 0 Å². The maximum absolute atomic E-state index is 12.2. The first-order valence-corrected chi connectivity index (χ1v) is 7.00. The first-order valence-electron chi connectivity index (χ1n) is 7.00. The zero-order valence-corrected chi connectivity index (χ0v) is 11.6. The van der Waals surface area contributed by atoms with Crippen molar-refractivity contribution in [3.05, 3.63) is 11.3 Å². The number of carbonyl (C=O) groups is 2. The van der Waals surface area contributed by atoms with Crippen LogP contribution in [0.1, 0.15) is 26.2 Å². The van der Waals surface area contributed by atoms with E-state index in [2.05, 4.69) is 0 Å². The second-order valence-electron chi connectivity index (χ2n) is 5.84. The Labute approximate surface area is 117 Å². The van der Waals surface area contributed by atoms with Crippen LogP contribution >= 0.6 is 0 Å². The number of ether oxygens (including phenoxy) is 1. The minimum Gasteiger partial charge on any atom is -0.477 e. The number of β-lactam (4-membered cyclic amide) rings is 1. The molecule has 110 valence electrons. The van der Waals surface area contributed by atoms with Crippen molar-refractivity contribution in [3.8, 4) is 0 Å². The molecule has 2 heterocycles. The highest BCUT2D eigenvalue weighted by Crippen LogP contribution is 2.52. The second kappa shape index (κ2) is 4.56. The van der Waals surface area contributed by atoms with E-state index < -0.39 is 18.0 Å². The van der Waals surface area contributed by atoms with Gasteiger partial charge in [-0.1, -0.05) is 0 Å². The summed E-state index contributed by atoms with van der Waals surface area (Å²) in [5.41, 5.74) is 0.834. The number of methoxy groups -OCH3 is 1. The van der Waals surface area contributed by atoms with Gasteiger partial charge in [0.2, 0.25) is 5.91 Å². The number of hydrogen-bond donors (Lipinski definition) is 2. The number of fused-ring (bicyclic) bond motifs is 3. The van der Waals surface area contributed by atoms with Crippen molar-refractivity contribution in [2.45, 2.75) is 44.4 Å². The predicted octanol–water partition coefficient (Wildman–Crippen LogP) is 0.362. The Kier molecular flexibility index (Phi) is 3.10. The maximum Gasteiger partial charge on any atom is 0.352 e. The van der Waals surface area contributed by atoms with Crippen LogP contribution in [0.4, 0.5) is 0 Å².